The van der Waals surface area contributed by atoms with Crippen molar-refractivity contribution in [2.75, 3.05) is 19.0 Å². The third-order valence-corrected chi connectivity index (χ3v) is 5.40. The van der Waals surface area contributed by atoms with Crippen LogP contribution in [-0.2, 0) is 20.9 Å². The lowest BCUT2D eigenvalue weighted by atomic mass is 10.1. The molecular formula is C26H24BrFN4O5. The molecule has 0 aromatic heterocycles. The van der Waals surface area contributed by atoms with Crippen LogP contribution in [0.4, 0.5) is 10.1 Å². The topological polar surface area (TPSA) is 118 Å². The maximum atomic E-state index is 13.9. The molecule has 192 valence electrons. The molecule has 0 aliphatic carbocycles. The first kappa shape index (κ1) is 27.3. The Labute approximate surface area is 221 Å². The molecule has 0 aliphatic rings. The number of ether oxygens (including phenoxy) is 2. The van der Waals surface area contributed by atoms with Gasteiger partial charge in [0, 0.05) is 11.0 Å². The molecule has 0 saturated carbocycles. The summed E-state index contributed by atoms with van der Waals surface area (Å²) in [6.45, 7) is 1.79. The zero-order valence-corrected chi connectivity index (χ0v) is 21.6. The number of carbonyl (C=O) groups is 3. The summed E-state index contributed by atoms with van der Waals surface area (Å²) in [6, 6.07) is 16.5. The van der Waals surface area contributed by atoms with Crippen LogP contribution in [0.1, 0.15) is 16.7 Å². The molecule has 3 rings (SSSR count). The Morgan fingerprint density at radius 3 is 2.46 bits per heavy atom. The molecule has 0 fully saturated rings. The third-order valence-electron chi connectivity index (χ3n) is 4.91. The normalized spacial score (nSPS) is 10.6. The number of hydrogen-bond donors (Lipinski definition) is 3. The summed E-state index contributed by atoms with van der Waals surface area (Å²) < 4.78 is 25.2. The number of hydrogen-bond acceptors (Lipinski definition) is 6. The van der Waals surface area contributed by atoms with Crippen molar-refractivity contribution in [1.82, 2.24) is 10.7 Å². The summed E-state index contributed by atoms with van der Waals surface area (Å²) in [5.74, 6) is -2.31. The number of benzene rings is 3. The van der Waals surface area contributed by atoms with Gasteiger partial charge < -0.3 is 20.1 Å². The Bertz CT molecular complexity index is 1310. The van der Waals surface area contributed by atoms with Gasteiger partial charge in [-0.1, -0.05) is 45.8 Å². The van der Waals surface area contributed by atoms with Crippen LogP contribution < -0.4 is 25.5 Å². The van der Waals surface area contributed by atoms with E-state index in [0.29, 0.717) is 15.8 Å². The predicted molar refractivity (Wildman–Crippen MR) is 140 cm³/mol. The summed E-state index contributed by atoms with van der Waals surface area (Å²) in [7, 11) is 1.42. The van der Waals surface area contributed by atoms with Gasteiger partial charge >= 0.3 is 11.8 Å². The average molecular weight is 571 g/mol. The van der Waals surface area contributed by atoms with Crippen LogP contribution >= 0.6 is 15.9 Å². The zero-order valence-electron chi connectivity index (χ0n) is 20.0. The van der Waals surface area contributed by atoms with Crippen molar-refractivity contribution in [1.29, 1.82) is 0 Å². The monoisotopic (exact) mass is 570 g/mol. The van der Waals surface area contributed by atoms with Gasteiger partial charge in [-0.2, -0.15) is 5.10 Å². The molecule has 9 nitrogen and oxygen atoms in total. The lowest BCUT2D eigenvalue weighted by Gasteiger charge is -2.12. The second-order valence-electron chi connectivity index (χ2n) is 7.74. The molecule has 3 aromatic carbocycles. The quantitative estimate of drug-likeness (QED) is 0.206. The molecule has 0 atom stereocenters. The number of hydrazone groups is 1. The minimum atomic E-state index is -0.913. The van der Waals surface area contributed by atoms with Crippen LogP contribution in [-0.4, -0.2) is 37.7 Å². The lowest BCUT2D eigenvalue weighted by molar-refractivity contribution is -0.139. The fourth-order valence-electron chi connectivity index (χ4n) is 2.99. The van der Waals surface area contributed by atoms with Crippen molar-refractivity contribution in [3.05, 3.63) is 87.6 Å². The number of aryl methyl sites for hydroxylation is 1. The van der Waals surface area contributed by atoms with Crippen LogP contribution in [0.2, 0.25) is 0 Å². The van der Waals surface area contributed by atoms with E-state index in [4.69, 9.17) is 9.47 Å². The van der Waals surface area contributed by atoms with E-state index in [9.17, 15) is 18.8 Å². The smallest absolute Gasteiger partial charge is 0.329 e. The molecule has 37 heavy (non-hydrogen) atoms. The van der Waals surface area contributed by atoms with Crippen molar-refractivity contribution in [2.24, 2.45) is 5.10 Å². The number of rotatable bonds is 9. The van der Waals surface area contributed by atoms with Crippen molar-refractivity contribution < 1.29 is 28.2 Å². The Morgan fingerprint density at radius 2 is 1.76 bits per heavy atom. The molecule has 0 unspecified atom stereocenters. The average Bonchev–Trinajstić information content (AvgIpc) is 2.88. The second kappa shape index (κ2) is 13.2. The van der Waals surface area contributed by atoms with Crippen LogP contribution in [0.3, 0.4) is 0 Å². The minimum absolute atomic E-state index is 0.0289. The summed E-state index contributed by atoms with van der Waals surface area (Å²) in [5.41, 5.74) is 4.68. The molecule has 3 aromatic rings. The van der Waals surface area contributed by atoms with Gasteiger partial charge in [0.2, 0.25) is 0 Å². The number of halogens is 2. The van der Waals surface area contributed by atoms with Gasteiger partial charge in [-0.25, -0.2) is 9.82 Å². The van der Waals surface area contributed by atoms with E-state index in [-0.39, 0.29) is 24.6 Å². The third kappa shape index (κ3) is 8.43. The Balaban J connectivity index is 1.49. The van der Waals surface area contributed by atoms with Gasteiger partial charge in [0.1, 0.15) is 5.82 Å². The minimum Gasteiger partial charge on any atom is -0.493 e. The molecule has 0 heterocycles. The van der Waals surface area contributed by atoms with Crippen LogP contribution in [0.5, 0.6) is 11.5 Å². The van der Waals surface area contributed by atoms with E-state index < -0.39 is 23.5 Å². The molecule has 0 radical (unpaired) electrons. The van der Waals surface area contributed by atoms with Gasteiger partial charge in [-0.3, -0.25) is 14.4 Å². The van der Waals surface area contributed by atoms with E-state index in [0.717, 1.165) is 11.1 Å². The van der Waals surface area contributed by atoms with E-state index in [1.54, 1.807) is 24.3 Å². The number of nitrogens with zero attached hydrogens (tertiary/aromatic N) is 1. The highest BCUT2D eigenvalue weighted by Gasteiger charge is 2.13. The SMILES string of the molecule is COc1cc(/C=N\NC(=O)C(=O)NCc2ccc(C)cc2)ccc1OCC(=O)Nc1ccc(Br)cc1F. The number of amides is 3. The molecule has 0 spiro atoms. The molecule has 0 aliphatic heterocycles. The van der Waals surface area contributed by atoms with E-state index in [1.807, 2.05) is 31.2 Å². The maximum Gasteiger partial charge on any atom is 0.329 e. The number of nitrogens with one attached hydrogen (secondary N) is 3. The fraction of sp³-hybridized carbons (Fsp3) is 0.154. The molecule has 0 saturated heterocycles. The van der Waals surface area contributed by atoms with E-state index >= 15 is 0 Å². The second-order valence-corrected chi connectivity index (χ2v) is 8.65. The highest BCUT2D eigenvalue weighted by atomic mass is 79.9. The van der Waals surface area contributed by atoms with Crippen LogP contribution in [0.25, 0.3) is 0 Å². The fourth-order valence-corrected chi connectivity index (χ4v) is 3.32. The van der Waals surface area contributed by atoms with Gasteiger partial charge in [0.25, 0.3) is 5.91 Å². The first-order valence-corrected chi connectivity index (χ1v) is 11.8. The Morgan fingerprint density at radius 1 is 1.00 bits per heavy atom. The van der Waals surface area contributed by atoms with Crippen LogP contribution in [0, 0.1) is 12.7 Å². The number of anilines is 1. The molecular weight excluding hydrogens is 547 g/mol. The highest BCUT2D eigenvalue weighted by molar-refractivity contribution is 9.10. The largest absolute Gasteiger partial charge is 0.493 e. The van der Waals surface area contributed by atoms with Gasteiger partial charge in [-0.15, -0.1) is 0 Å². The van der Waals surface area contributed by atoms with Crippen molar-refractivity contribution in [3.63, 3.8) is 0 Å². The number of carbonyl (C=O) groups excluding carboxylic acids is 3. The van der Waals surface area contributed by atoms with Crippen molar-refractivity contribution in [2.45, 2.75) is 13.5 Å². The first-order valence-electron chi connectivity index (χ1n) is 11.0. The van der Waals surface area contributed by atoms with Crippen molar-refractivity contribution in [3.8, 4) is 11.5 Å². The first-order chi connectivity index (χ1) is 17.7. The van der Waals surface area contributed by atoms with Gasteiger partial charge in [-0.05, 0) is 54.4 Å². The maximum absolute atomic E-state index is 13.9. The van der Waals surface area contributed by atoms with Gasteiger partial charge in [0.05, 0.1) is 19.0 Å². The highest BCUT2D eigenvalue weighted by Crippen LogP contribution is 2.27. The van der Waals surface area contributed by atoms with Crippen LogP contribution in [0.15, 0.2) is 70.2 Å². The standard InChI is InChI=1S/C26H24BrFN4O5/c1-16-3-5-17(6-4-16)13-29-25(34)26(35)32-30-14-18-7-10-22(23(11-18)36-2)37-15-24(33)31-21-9-8-19(27)12-20(21)28/h3-12,14H,13,15H2,1-2H3,(H,29,34)(H,31,33)(H,32,35)/b30-14-. The molecule has 11 heteroatoms. The van der Waals surface area contributed by atoms with Gasteiger partial charge in [0.15, 0.2) is 18.1 Å². The molecule has 0 bridgehead atoms. The predicted octanol–water partition coefficient (Wildman–Crippen LogP) is 3.69. The lowest BCUT2D eigenvalue weighted by Crippen LogP contribution is -2.37. The number of methoxy groups -OCH3 is 1. The Kier molecular flexibility index (Phi) is 9.73. The summed E-state index contributed by atoms with van der Waals surface area (Å²) in [4.78, 5) is 36.1. The summed E-state index contributed by atoms with van der Waals surface area (Å²) >= 11 is 3.15. The Hall–Kier alpha value is -4.25. The van der Waals surface area contributed by atoms with E-state index in [1.165, 1.54) is 25.5 Å². The van der Waals surface area contributed by atoms with E-state index in [2.05, 4.69) is 37.1 Å². The van der Waals surface area contributed by atoms with Crippen molar-refractivity contribution >= 4 is 45.6 Å². The molecule has 3 N–H and O–H groups in total. The molecule has 3 amide bonds. The summed E-state index contributed by atoms with van der Waals surface area (Å²) in [5, 5.41) is 8.73. The zero-order chi connectivity index (χ0) is 26.8. The summed E-state index contributed by atoms with van der Waals surface area (Å²) in [6.07, 6.45) is 1.32.